The van der Waals surface area contributed by atoms with Gasteiger partial charge in [0, 0.05) is 30.0 Å². The van der Waals surface area contributed by atoms with Crippen LogP contribution in [0.4, 0.5) is 5.69 Å². The predicted octanol–water partition coefficient (Wildman–Crippen LogP) is 3.04. The minimum Gasteiger partial charge on any atom is -0.496 e. The van der Waals surface area contributed by atoms with Gasteiger partial charge in [-0.15, -0.1) is 0 Å². The number of nitrogens with one attached hydrogen (secondary N) is 1. The molecule has 1 N–H and O–H groups in total. The first-order valence-corrected chi connectivity index (χ1v) is 8.42. The van der Waals surface area contributed by atoms with Crippen LogP contribution in [-0.2, 0) is 7.05 Å². The van der Waals surface area contributed by atoms with E-state index >= 15 is 0 Å². The quantitative estimate of drug-likeness (QED) is 0.586. The van der Waals surface area contributed by atoms with Gasteiger partial charge in [0.1, 0.15) is 11.3 Å². The van der Waals surface area contributed by atoms with Crippen molar-refractivity contribution in [1.29, 1.82) is 0 Å². The van der Waals surface area contributed by atoms with Crippen molar-refractivity contribution < 1.29 is 9.53 Å². The van der Waals surface area contributed by atoms with E-state index in [0.29, 0.717) is 33.4 Å². The Balaban J connectivity index is 1.75. The second-order valence-corrected chi connectivity index (χ2v) is 6.21. The van der Waals surface area contributed by atoms with E-state index in [0.717, 1.165) is 5.56 Å². The Labute approximate surface area is 159 Å². The van der Waals surface area contributed by atoms with E-state index in [-0.39, 0.29) is 5.91 Å². The van der Waals surface area contributed by atoms with Gasteiger partial charge in [-0.05, 0) is 24.3 Å². The zero-order valence-electron chi connectivity index (χ0n) is 14.5. The van der Waals surface area contributed by atoms with Crippen molar-refractivity contribution in [2.45, 2.75) is 0 Å². The molecule has 0 aliphatic heterocycles. The van der Waals surface area contributed by atoms with Gasteiger partial charge in [0.05, 0.1) is 30.9 Å². The summed E-state index contributed by atoms with van der Waals surface area (Å²) >= 11 is 6.16. The highest BCUT2D eigenvalue weighted by Crippen LogP contribution is 2.36. The molecule has 27 heavy (non-hydrogen) atoms. The number of anilines is 1. The highest BCUT2D eigenvalue weighted by Gasteiger charge is 2.20. The number of aryl methyl sites for hydroxylation is 1. The average Bonchev–Trinajstić information content (AvgIpc) is 3.25. The molecule has 0 bridgehead atoms. The van der Waals surface area contributed by atoms with E-state index < -0.39 is 0 Å². The Kier molecular flexibility index (Phi) is 4.25. The summed E-state index contributed by atoms with van der Waals surface area (Å²) < 4.78 is 8.62. The van der Waals surface area contributed by atoms with Crippen molar-refractivity contribution in [1.82, 2.24) is 24.4 Å². The Bertz CT molecular complexity index is 1150. The Morgan fingerprint density at radius 2 is 2.11 bits per heavy atom. The molecule has 1 aromatic carbocycles. The van der Waals surface area contributed by atoms with Gasteiger partial charge in [0.2, 0.25) is 0 Å². The van der Waals surface area contributed by atoms with Gasteiger partial charge in [-0.2, -0.15) is 10.2 Å². The summed E-state index contributed by atoms with van der Waals surface area (Å²) in [5.74, 6) is 0.287. The monoisotopic (exact) mass is 382 g/mol. The maximum Gasteiger partial charge on any atom is 0.261 e. The number of carbonyl (C=O) groups excluding carboxylic acids is 1. The zero-order chi connectivity index (χ0) is 19.0. The smallest absolute Gasteiger partial charge is 0.261 e. The summed E-state index contributed by atoms with van der Waals surface area (Å²) in [5.41, 5.74) is 2.76. The molecule has 3 heterocycles. The topological polar surface area (TPSA) is 86.3 Å². The Morgan fingerprint density at radius 1 is 1.26 bits per heavy atom. The first-order valence-electron chi connectivity index (χ1n) is 8.04. The van der Waals surface area contributed by atoms with Crippen molar-refractivity contribution >= 4 is 28.8 Å². The maximum atomic E-state index is 12.8. The molecule has 0 saturated heterocycles. The van der Waals surface area contributed by atoms with Crippen LogP contribution in [0.15, 0.2) is 49.1 Å². The van der Waals surface area contributed by atoms with Crippen LogP contribution in [0.3, 0.4) is 0 Å². The second-order valence-electron chi connectivity index (χ2n) is 5.78. The van der Waals surface area contributed by atoms with Gasteiger partial charge in [-0.3, -0.25) is 9.48 Å². The fourth-order valence-electron chi connectivity index (χ4n) is 2.89. The standard InChI is InChI=1S/C18H15ClN6O2/c1-24-16(12-8-11(19)4-5-15(12)27-2)14(10-21-24)23-18(26)13-9-22-25-7-3-6-20-17(13)25/h3-10H,1-2H3,(H,23,26). The van der Waals surface area contributed by atoms with Crippen LogP contribution < -0.4 is 10.1 Å². The van der Waals surface area contributed by atoms with Crippen molar-refractivity contribution in [2.24, 2.45) is 7.05 Å². The third kappa shape index (κ3) is 3.00. The molecule has 8 nitrogen and oxygen atoms in total. The third-order valence-corrected chi connectivity index (χ3v) is 4.36. The lowest BCUT2D eigenvalue weighted by molar-refractivity contribution is 0.102. The largest absolute Gasteiger partial charge is 0.496 e. The van der Waals surface area contributed by atoms with Crippen molar-refractivity contribution in [3.8, 4) is 17.0 Å². The number of ether oxygens (including phenoxy) is 1. The number of carbonyl (C=O) groups is 1. The van der Waals surface area contributed by atoms with Crippen LogP contribution in [0, 0.1) is 0 Å². The molecule has 0 fully saturated rings. The first kappa shape index (κ1) is 17.0. The molecule has 4 aromatic rings. The van der Waals surface area contributed by atoms with E-state index in [1.807, 2.05) is 0 Å². The van der Waals surface area contributed by atoms with E-state index in [1.165, 1.54) is 6.20 Å². The highest BCUT2D eigenvalue weighted by molar-refractivity contribution is 6.31. The molecule has 0 saturated carbocycles. The highest BCUT2D eigenvalue weighted by atomic mass is 35.5. The lowest BCUT2D eigenvalue weighted by Gasteiger charge is -2.12. The minimum absolute atomic E-state index is 0.334. The second kappa shape index (κ2) is 6.73. The summed E-state index contributed by atoms with van der Waals surface area (Å²) in [4.78, 5) is 17.0. The number of benzene rings is 1. The molecule has 136 valence electrons. The number of methoxy groups -OCH3 is 1. The molecular weight excluding hydrogens is 368 g/mol. The SMILES string of the molecule is COc1ccc(Cl)cc1-c1c(NC(=O)c2cnn3cccnc23)cnn1C. The minimum atomic E-state index is -0.334. The van der Waals surface area contributed by atoms with E-state index in [1.54, 1.807) is 66.2 Å². The van der Waals surface area contributed by atoms with Crippen LogP contribution in [0.1, 0.15) is 10.4 Å². The van der Waals surface area contributed by atoms with Gasteiger partial charge >= 0.3 is 0 Å². The number of hydrogen-bond acceptors (Lipinski definition) is 5. The predicted molar refractivity (Wildman–Crippen MR) is 101 cm³/mol. The lowest BCUT2D eigenvalue weighted by Crippen LogP contribution is -2.12. The number of rotatable bonds is 4. The number of hydrogen-bond donors (Lipinski definition) is 1. The fraction of sp³-hybridized carbons (Fsp3) is 0.111. The number of halogens is 1. The van der Waals surface area contributed by atoms with E-state index in [9.17, 15) is 4.79 Å². The number of amides is 1. The zero-order valence-corrected chi connectivity index (χ0v) is 15.3. The normalized spacial score (nSPS) is 10.9. The summed E-state index contributed by atoms with van der Waals surface area (Å²) in [6.45, 7) is 0. The van der Waals surface area contributed by atoms with Gasteiger partial charge < -0.3 is 10.1 Å². The maximum absolute atomic E-state index is 12.8. The summed E-state index contributed by atoms with van der Waals surface area (Å²) in [5, 5.41) is 11.8. The van der Waals surface area contributed by atoms with Gasteiger partial charge in [0.25, 0.3) is 5.91 Å². The van der Waals surface area contributed by atoms with Gasteiger partial charge in [-0.1, -0.05) is 11.6 Å². The van der Waals surface area contributed by atoms with Gasteiger partial charge in [-0.25, -0.2) is 9.50 Å². The van der Waals surface area contributed by atoms with E-state index in [2.05, 4.69) is 20.5 Å². The summed E-state index contributed by atoms with van der Waals surface area (Å²) in [6.07, 6.45) is 6.39. The first-order chi connectivity index (χ1) is 13.1. The van der Waals surface area contributed by atoms with Crippen LogP contribution >= 0.6 is 11.6 Å². The van der Waals surface area contributed by atoms with Crippen LogP contribution in [0.5, 0.6) is 5.75 Å². The van der Waals surface area contributed by atoms with Crippen LogP contribution in [0.2, 0.25) is 5.02 Å². The molecule has 3 aromatic heterocycles. The fourth-order valence-corrected chi connectivity index (χ4v) is 3.06. The van der Waals surface area contributed by atoms with Crippen molar-refractivity contribution in [2.75, 3.05) is 12.4 Å². The number of fused-ring (bicyclic) bond motifs is 1. The molecule has 0 spiro atoms. The third-order valence-electron chi connectivity index (χ3n) is 4.13. The summed E-state index contributed by atoms with van der Waals surface area (Å²) in [6, 6.07) is 7.02. The van der Waals surface area contributed by atoms with Gasteiger partial charge in [0.15, 0.2) is 5.65 Å². The number of nitrogens with zero attached hydrogens (tertiary/aromatic N) is 5. The molecule has 0 atom stereocenters. The van der Waals surface area contributed by atoms with Crippen LogP contribution in [0.25, 0.3) is 16.9 Å². The molecule has 0 unspecified atom stereocenters. The molecule has 1 amide bonds. The average molecular weight is 383 g/mol. The van der Waals surface area contributed by atoms with Crippen molar-refractivity contribution in [3.05, 3.63) is 59.6 Å². The van der Waals surface area contributed by atoms with E-state index in [4.69, 9.17) is 16.3 Å². The lowest BCUT2D eigenvalue weighted by atomic mass is 10.1. The van der Waals surface area contributed by atoms with Crippen molar-refractivity contribution in [3.63, 3.8) is 0 Å². The molecule has 9 heteroatoms. The Morgan fingerprint density at radius 3 is 2.93 bits per heavy atom. The molecule has 4 rings (SSSR count). The Hall–Kier alpha value is -3.39. The molecule has 0 aliphatic rings. The number of aromatic nitrogens is 5. The van der Waals surface area contributed by atoms with Crippen LogP contribution in [-0.4, -0.2) is 37.4 Å². The summed E-state index contributed by atoms with van der Waals surface area (Å²) in [7, 11) is 3.36. The molecular formula is C18H15ClN6O2. The molecule has 0 radical (unpaired) electrons. The molecule has 0 aliphatic carbocycles.